The van der Waals surface area contributed by atoms with Crippen molar-refractivity contribution in [2.75, 3.05) is 6.61 Å². The maximum atomic E-state index is 13.5. The molecule has 0 amide bonds. The Bertz CT molecular complexity index is 659. The average molecular weight is 423 g/mol. The summed E-state index contributed by atoms with van der Waals surface area (Å²) in [6, 6.07) is 2.17. The first kappa shape index (κ1) is 22.2. The minimum atomic E-state index is -1.40. The van der Waals surface area contributed by atoms with Gasteiger partial charge in [0.1, 0.15) is 0 Å². The highest BCUT2D eigenvalue weighted by atomic mass is 19.2. The van der Waals surface area contributed by atoms with Gasteiger partial charge in [0.15, 0.2) is 17.5 Å². The Balaban J connectivity index is 1.22. The van der Waals surface area contributed by atoms with Crippen molar-refractivity contribution in [2.45, 2.75) is 90.1 Å². The smallest absolute Gasteiger partial charge is 0.194 e. The van der Waals surface area contributed by atoms with Gasteiger partial charge < -0.3 is 4.74 Å². The first-order valence-electron chi connectivity index (χ1n) is 12.3. The molecule has 0 spiro atoms. The SMILES string of the molecule is CCCC1CCC(C2CCC(C3CCC(c4cc(F)c(F)c(F)c4)OC3)CC2)CC1. The van der Waals surface area contributed by atoms with Gasteiger partial charge in [-0.3, -0.25) is 0 Å². The number of hydrogen-bond acceptors (Lipinski definition) is 1. The van der Waals surface area contributed by atoms with Gasteiger partial charge in [-0.05, 0) is 98.7 Å². The molecule has 168 valence electrons. The van der Waals surface area contributed by atoms with E-state index in [2.05, 4.69) is 6.92 Å². The topological polar surface area (TPSA) is 9.23 Å². The van der Waals surface area contributed by atoms with E-state index in [1.54, 1.807) is 0 Å². The van der Waals surface area contributed by atoms with Gasteiger partial charge in [-0.15, -0.1) is 0 Å². The lowest BCUT2D eigenvalue weighted by molar-refractivity contribution is -0.0424. The average Bonchev–Trinajstić information content (AvgIpc) is 2.78. The van der Waals surface area contributed by atoms with Crippen molar-refractivity contribution in [3.8, 4) is 0 Å². The van der Waals surface area contributed by atoms with E-state index < -0.39 is 17.5 Å². The second kappa shape index (κ2) is 10.1. The number of halogens is 3. The maximum absolute atomic E-state index is 13.5. The molecule has 2 saturated carbocycles. The fraction of sp³-hybridized carbons (Fsp3) is 0.769. The lowest BCUT2D eigenvalue weighted by Gasteiger charge is -2.41. The van der Waals surface area contributed by atoms with Crippen molar-refractivity contribution in [1.29, 1.82) is 0 Å². The second-order valence-corrected chi connectivity index (χ2v) is 10.2. The summed E-state index contributed by atoms with van der Waals surface area (Å²) in [5.41, 5.74) is 0.423. The lowest BCUT2D eigenvalue weighted by Crippen LogP contribution is -2.32. The maximum Gasteiger partial charge on any atom is 0.194 e. The quantitative estimate of drug-likeness (QED) is 0.437. The van der Waals surface area contributed by atoms with Gasteiger partial charge in [0.05, 0.1) is 12.7 Å². The molecule has 3 fully saturated rings. The first-order valence-corrected chi connectivity index (χ1v) is 12.3. The Morgan fingerprint density at radius 3 is 1.73 bits per heavy atom. The molecular formula is C26H37F3O. The molecule has 4 heteroatoms. The highest BCUT2D eigenvalue weighted by molar-refractivity contribution is 5.22. The van der Waals surface area contributed by atoms with E-state index in [1.165, 1.54) is 64.2 Å². The van der Waals surface area contributed by atoms with Gasteiger partial charge in [-0.25, -0.2) is 13.2 Å². The van der Waals surface area contributed by atoms with Crippen molar-refractivity contribution >= 4 is 0 Å². The van der Waals surface area contributed by atoms with Crippen LogP contribution in [0.25, 0.3) is 0 Å². The summed E-state index contributed by atoms with van der Waals surface area (Å²) < 4.78 is 46.3. The fourth-order valence-electron chi connectivity index (χ4n) is 6.61. The summed E-state index contributed by atoms with van der Waals surface area (Å²) in [7, 11) is 0. The molecule has 0 bridgehead atoms. The Labute approximate surface area is 179 Å². The zero-order valence-corrected chi connectivity index (χ0v) is 18.4. The predicted octanol–water partition coefficient (Wildman–Crippen LogP) is 7.98. The molecule has 2 atom stereocenters. The summed E-state index contributed by atoms with van der Waals surface area (Å²) in [4.78, 5) is 0. The van der Waals surface area contributed by atoms with E-state index in [0.29, 0.717) is 18.1 Å². The van der Waals surface area contributed by atoms with Crippen LogP contribution in [0.15, 0.2) is 12.1 Å². The molecule has 0 radical (unpaired) electrons. The molecule has 1 saturated heterocycles. The standard InChI is InChI=1S/C26H37F3O/c1-2-3-17-4-6-18(7-5-17)19-8-10-20(11-9-19)21-12-13-25(30-16-21)22-14-23(27)26(29)24(28)15-22/h14-15,17-21,25H,2-13,16H2,1H3. The molecule has 1 aromatic rings. The number of ether oxygens (including phenoxy) is 1. The molecule has 2 aliphatic carbocycles. The second-order valence-electron chi connectivity index (χ2n) is 10.2. The van der Waals surface area contributed by atoms with Crippen LogP contribution >= 0.6 is 0 Å². The minimum Gasteiger partial charge on any atom is -0.373 e. The number of benzene rings is 1. The largest absolute Gasteiger partial charge is 0.373 e. The molecule has 1 nitrogen and oxygen atoms in total. The first-order chi connectivity index (χ1) is 14.5. The Kier molecular flexibility index (Phi) is 7.44. The number of hydrogen-bond donors (Lipinski definition) is 0. The molecule has 2 unspecified atom stereocenters. The highest BCUT2D eigenvalue weighted by Gasteiger charge is 2.35. The molecule has 30 heavy (non-hydrogen) atoms. The zero-order valence-electron chi connectivity index (χ0n) is 18.4. The molecule has 3 aliphatic rings. The van der Waals surface area contributed by atoms with E-state index in [-0.39, 0.29) is 6.10 Å². The van der Waals surface area contributed by atoms with Crippen molar-refractivity contribution in [2.24, 2.45) is 29.6 Å². The monoisotopic (exact) mass is 422 g/mol. The predicted molar refractivity (Wildman–Crippen MR) is 114 cm³/mol. The van der Waals surface area contributed by atoms with Gasteiger partial charge >= 0.3 is 0 Å². The normalized spacial score (nSPS) is 35.3. The summed E-state index contributed by atoms with van der Waals surface area (Å²) in [5.74, 6) is 0.482. The van der Waals surface area contributed by atoms with Crippen LogP contribution in [0.2, 0.25) is 0 Å². The molecule has 1 aliphatic heterocycles. The minimum absolute atomic E-state index is 0.319. The van der Waals surface area contributed by atoms with Crippen LogP contribution in [0.3, 0.4) is 0 Å². The molecule has 1 heterocycles. The molecule has 4 rings (SSSR count). The Hall–Kier alpha value is -1.03. The van der Waals surface area contributed by atoms with Crippen LogP contribution < -0.4 is 0 Å². The van der Waals surface area contributed by atoms with Crippen molar-refractivity contribution in [1.82, 2.24) is 0 Å². The summed E-state index contributed by atoms with van der Waals surface area (Å²) in [5, 5.41) is 0. The summed E-state index contributed by atoms with van der Waals surface area (Å²) in [6.07, 6.45) is 15.3. The van der Waals surface area contributed by atoms with Gasteiger partial charge in [-0.1, -0.05) is 32.6 Å². The summed E-state index contributed by atoms with van der Waals surface area (Å²) in [6.45, 7) is 2.96. The van der Waals surface area contributed by atoms with E-state index in [4.69, 9.17) is 4.74 Å². The van der Waals surface area contributed by atoms with Crippen molar-refractivity contribution in [3.63, 3.8) is 0 Å². The van der Waals surface area contributed by atoms with Crippen LogP contribution in [0.4, 0.5) is 13.2 Å². The third-order valence-corrected chi connectivity index (χ3v) is 8.43. The highest BCUT2D eigenvalue weighted by Crippen LogP contribution is 2.45. The van der Waals surface area contributed by atoms with E-state index in [9.17, 15) is 13.2 Å². The van der Waals surface area contributed by atoms with Gasteiger partial charge in [0.2, 0.25) is 0 Å². The van der Waals surface area contributed by atoms with Crippen molar-refractivity contribution in [3.05, 3.63) is 35.1 Å². The zero-order chi connectivity index (χ0) is 21.1. The number of rotatable bonds is 5. The fourth-order valence-corrected chi connectivity index (χ4v) is 6.61. The van der Waals surface area contributed by atoms with Crippen LogP contribution in [0, 0.1) is 47.0 Å². The van der Waals surface area contributed by atoms with Gasteiger partial charge in [0, 0.05) is 0 Å². The Morgan fingerprint density at radius 2 is 1.23 bits per heavy atom. The molecule has 0 N–H and O–H groups in total. The van der Waals surface area contributed by atoms with Crippen LogP contribution in [0.5, 0.6) is 0 Å². The Morgan fingerprint density at radius 1 is 0.733 bits per heavy atom. The molecule has 1 aromatic carbocycles. The lowest BCUT2D eigenvalue weighted by atomic mass is 9.66. The van der Waals surface area contributed by atoms with E-state index in [1.807, 2.05) is 0 Å². The molecular weight excluding hydrogens is 385 g/mol. The van der Waals surface area contributed by atoms with Crippen LogP contribution in [-0.2, 0) is 4.74 Å². The third kappa shape index (κ3) is 5.06. The third-order valence-electron chi connectivity index (χ3n) is 8.43. The van der Waals surface area contributed by atoms with E-state index >= 15 is 0 Å². The van der Waals surface area contributed by atoms with Crippen molar-refractivity contribution < 1.29 is 17.9 Å². The van der Waals surface area contributed by atoms with Crippen LogP contribution in [0.1, 0.15) is 95.6 Å². The van der Waals surface area contributed by atoms with Gasteiger partial charge in [0.25, 0.3) is 0 Å². The summed E-state index contributed by atoms with van der Waals surface area (Å²) >= 11 is 0. The van der Waals surface area contributed by atoms with Gasteiger partial charge in [-0.2, -0.15) is 0 Å². The molecule has 0 aromatic heterocycles. The van der Waals surface area contributed by atoms with E-state index in [0.717, 1.165) is 48.6 Å². The van der Waals surface area contributed by atoms with Crippen LogP contribution in [-0.4, -0.2) is 6.61 Å².